The first-order chi connectivity index (χ1) is 17.4. The van der Waals surface area contributed by atoms with Crippen LogP contribution < -0.4 is 14.2 Å². The van der Waals surface area contributed by atoms with Gasteiger partial charge in [-0.25, -0.2) is 4.79 Å². The van der Waals surface area contributed by atoms with Gasteiger partial charge in [0.25, 0.3) is 11.1 Å². The number of carbonyl (C=O) groups is 3. The number of esters is 1. The van der Waals surface area contributed by atoms with Crippen molar-refractivity contribution in [2.75, 3.05) is 20.3 Å². The summed E-state index contributed by atoms with van der Waals surface area (Å²) in [5.41, 5.74) is 0.738. The fraction of sp³-hybridized carbons (Fsp3) is 0.115. The van der Waals surface area contributed by atoms with E-state index in [0.717, 1.165) is 16.7 Å². The molecule has 1 fully saturated rings. The number of halogens is 2. The van der Waals surface area contributed by atoms with Crippen LogP contribution in [-0.2, 0) is 4.79 Å². The highest BCUT2D eigenvalue weighted by Crippen LogP contribution is 2.35. The van der Waals surface area contributed by atoms with Gasteiger partial charge in [0, 0.05) is 15.1 Å². The first-order valence-corrected chi connectivity index (χ1v) is 12.6. The summed E-state index contributed by atoms with van der Waals surface area (Å²) in [6.07, 6.45) is 1.53. The highest BCUT2D eigenvalue weighted by Gasteiger charge is 2.35. The Kier molecular flexibility index (Phi) is 8.35. The summed E-state index contributed by atoms with van der Waals surface area (Å²) in [6.45, 7) is 0.167. The van der Waals surface area contributed by atoms with Gasteiger partial charge < -0.3 is 14.2 Å². The highest BCUT2D eigenvalue weighted by molar-refractivity contribution is 9.10. The molecule has 0 atom stereocenters. The first-order valence-electron chi connectivity index (χ1n) is 10.6. The van der Waals surface area contributed by atoms with Crippen molar-refractivity contribution in [3.63, 3.8) is 0 Å². The predicted molar refractivity (Wildman–Crippen MR) is 142 cm³/mol. The number of amides is 2. The molecular formula is C26H19BrClNO6S. The lowest BCUT2D eigenvalue weighted by molar-refractivity contribution is -0.123. The summed E-state index contributed by atoms with van der Waals surface area (Å²) >= 11 is 10.2. The van der Waals surface area contributed by atoms with Gasteiger partial charge in [0.15, 0.2) is 11.5 Å². The molecule has 0 spiro atoms. The SMILES string of the molecule is COc1ccccc1OCCN1C(=O)S/C(=C\c2cc(Br)ccc2OC(=O)c2cccc(Cl)c2)C1=O. The standard InChI is InChI=1S/C26H19BrClNO6S/c1-33-21-7-2-3-8-22(21)34-12-11-29-24(30)23(36-26(29)32)15-17-13-18(27)9-10-20(17)35-25(31)16-5-4-6-19(28)14-16/h2-10,13-15H,11-12H2,1H3/b23-15-. The molecule has 0 unspecified atom stereocenters. The summed E-state index contributed by atoms with van der Waals surface area (Å²) in [6, 6.07) is 18.5. The van der Waals surface area contributed by atoms with E-state index >= 15 is 0 Å². The van der Waals surface area contributed by atoms with Crippen molar-refractivity contribution in [3.05, 3.63) is 92.3 Å². The molecule has 2 amide bonds. The third-order valence-electron chi connectivity index (χ3n) is 5.04. The van der Waals surface area contributed by atoms with Gasteiger partial charge in [0.05, 0.1) is 24.1 Å². The van der Waals surface area contributed by atoms with Crippen molar-refractivity contribution >= 4 is 62.5 Å². The van der Waals surface area contributed by atoms with Crippen molar-refractivity contribution < 1.29 is 28.6 Å². The lowest BCUT2D eigenvalue weighted by atomic mass is 10.1. The number of nitrogens with zero attached hydrogens (tertiary/aromatic N) is 1. The second-order valence-electron chi connectivity index (χ2n) is 7.41. The van der Waals surface area contributed by atoms with E-state index in [9.17, 15) is 14.4 Å². The molecule has 10 heteroatoms. The van der Waals surface area contributed by atoms with Crippen molar-refractivity contribution in [1.29, 1.82) is 0 Å². The Balaban J connectivity index is 1.48. The lowest BCUT2D eigenvalue weighted by Crippen LogP contribution is -2.32. The van der Waals surface area contributed by atoms with Gasteiger partial charge in [-0.05, 0) is 66.4 Å². The van der Waals surface area contributed by atoms with E-state index in [-0.39, 0.29) is 29.4 Å². The molecule has 7 nitrogen and oxygen atoms in total. The predicted octanol–water partition coefficient (Wildman–Crippen LogP) is 6.45. The Morgan fingerprint density at radius 1 is 1.03 bits per heavy atom. The number of imide groups is 1. The van der Waals surface area contributed by atoms with Crippen LogP contribution in [0.3, 0.4) is 0 Å². The molecule has 1 aliphatic rings. The van der Waals surface area contributed by atoms with E-state index in [4.69, 9.17) is 25.8 Å². The Bertz CT molecular complexity index is 1360. The molecule has 0 bridgehead atoms. The molecular weight excluding hydrogens is 570 g/mol. The molecule has 0 radical (unpaired) electrons. The lowest BCUT2D eigenvalue weighted by Gasteiger charge is -2.14. The Morgan fingerprint density at radius 2 is 1.81 bits per heavy atom. The first kappa shape index (κ1) is 25.8. The second-order valence-corrected chi connectivity index (χ2v) is 9.76. The van der Waals surface area contributed by atoms with Crippen LogP contribution in [0, 0.1) is 0 Å². The summed E-state index contributed by atoms with van der Waals surface area (Å²) < 4.78 is 17.2. The Labute approximate surface area is 225 Å². The van der Waals surface area contributed by atoms with Crippen LogP contribution in [-0.4, -0.2) is 42.3 Å². The minimum atomic E-state index is -0.601. The molecule has 1 heterocycles. The number of para-hydroxylation sites is 2. The van der Waals surface area contributed by atoms with E-state index in [1.54, 1.807) is 54.6 Å². The maximum Gasteiger partial charge on any atom is 0.343 e. The number of carbonyl (C=O) groups excluding carboxylic acids is 3. The summed E-state index contributed by atoms with van der Waals surface area (Å²) in [7, 11) is 1.53. The van der Waals surface area contributed by atoms with E-state index < -0.39 is 17.1 Å². The zero-order valence-corrected chi connectivity index (χ0v) is 22.1. The molecule has 1 aliphatic heterocycles. The smallest absolute Gasteiger partial charge is 0.343 e. The minimum absolute atomic E-state index is 0.0646. The van der Waals surface area contributed by atoms with E-state index in [0.29, 0.717) is 26.6 Å². The normalized spacial score (nSPS) is 14.3. The minimum Gasteiger partial charge on any atom is -0.493 e. The molecule has 3 aromatic rings. The Morgan fingerprint density at radius 3 is 2.56 bits per heavy atom. The van der Waals surface area contributed by atoms with Gasteiger partial charge in [-0.3, -0.25) is 14.5 Å². The third-order valence-corrected chi connectivity index (χ3v) is 6.67. The van der Waals surface area contributed by atoms with E-state index in [1.807, 2.05) is 6.07 Å². The van der Waals surface area contributed by atoms with E-state index in [2.05, 4.69) is 15.9 Å². The number of rotatable bonds is 8. The van der Waals surface area contributed by atoms with Crippen molar-refractivity contribution in [2.24, 2.45) is 0 Å². The summed E-state index contributed by atoms with van der Waals surface area (Å²) in [5, 5.41) is -0.00816. The molecule has 3 aromatic carbocycles. The van der Waals surface area contributed by atoms with Crippen LogP contribution in [0.1, 0.15) is 15.9 Å². The quantitative estimate of drug-likeness (QED) is 0.170. The fourth-order valence-electron chi connectivity index (χ4n) is 3.32. The summed E-state index contributed by atoms with van der Waals surface area (Å²) in [5.74, 6) is 0.245. The van der Waals surface area contributed by atoms with Gasteiger partial charge in [0.2, 0.25) is 0 Å². The van der Waals surface area contributed by atoms with Gasteiger partial charge in [-0.15, -0.1) is 0 Å². The van der Waals surface area contributed by atoms with Crippen LogP contribution in [0.15, 0.2) is 76.1 Å². The van der Waals surface area contributed by atoms with Gasteiger partial charge in [0.1, 0.15) is 12.4 Å². The van der Waals surface area contributed by atoms with Gasteiger partial charge in [-0.1, -0.05) is 45.7 Å². The van der Waals surface area contributed by atoms with Crippen LogP contribution in [0.2, 0.25) is 5.02 Å². The van der Waals surface area contributed by atoms with Crippen molar-refractivity contribution in [3.8, 4) is 17.2 Å². The van der Waals surface area contributed by atoms with E-state index in [1.165, 1.54) is 19.3 Å². The van der Waals surface area contributed by atoms with Crippen molar-refractivity contribution in [1.82, 2.24) is 4.90 Å². The van der Waals surface area contributed by atoms with Gasteiger partial charge in [-0.2, -0.15) is 0 Å². The monoisotopic (exact) mass is 587 g/mol. The largest absolute Gasteiger partial charge is 0.493 e. The molecule has 184 valence electrons. The van der Waals surface area contributed by atoms with Crippen LogP contribution in [0.4, 0.5) is 4.79 Å². The second kappa shape index (κ2) is 11.6. The Hall–Kier alpha value is -3.27. The fourth-order valence-corrected chi connectivity index (χ4v) is 4.74. The molecule has 1 saturated heterocycles. The highest BCUT2D eigenvalue weighted by atomic mass is 79.9. The molecule has 0 saturated carbocycles. The van der Waals surface area contributed by atoms with Crippen molar-refractivity contribution in [2.45, 2.75) is 0 Å². The maximum absolute atomic E-state index is 13.0. The zero-order valence-electron chi connectivity index (χ0n) is 18.9. The number of hydrogen-bond donors (Lipinski definition) is 0. The number of hydrogen-bond acceptors (Lipinski definition) is 7. The molecule has 0 aromatic heterocycles. The number of methoxy groups -OCH3 is 1. The molecule has 0 N–H and O–H groups in total. The summed E-state index contributed by atoms with van der Waals surface area (Å²) in [4.78, 5) is 39.4. The third kappa shape index (κ3) is 6.10. The van der Waals surface area contributed by atoms with Crippen LogP contribution in [0.25, 0.3) is 6.08 Å². The molecule has 36 heavy (non-hydrogen) atoms. The topological polar surface area (TPSA) is 82.1 Å². The number of ether oxygens (including phenoxy) is 3. The zero-order chi connectivity index (χ0) is 25.7. The van der Waals surface area contributed by atoms with Crippen LogP contribution >= 0.6 is 39.3 Å². The molecule has 4 rings (SSSR count). The van der Waals surface area contributed by atoms with Gasteiger partial charge >= 0.3 is 5.97 Å². The number of benzene rings is 3. The maximum atomic E-state index is 13.0. The molecule has 0 aliphatic carbocycles. The van der Waals surface area contributed by atoms with Crippen LogP contribution in [0.5, 0.6) is 17.2 Å². The average Bonchev–Trinajstić information content (AvgIpc) is 3.13. The number of thioether (sulfide) groups is 1. The average molecular weight is 589 g/mol.